The Kier molecular flexibility index (Phi) is 5.55. The smallest absolute Gasteiger partial charge is 0.322 e. The Morgan fingerprint density at radius 3 is 2.55 bits per heavy atom. The quantitative estimate of drug-likeness (QED) is 0.819. The van der Waals surface area contributed by atoms with Crippen LogP contribution >= 0.6 is 23.2 Å². The fraction of sp³-hybridized carbons (Fsp3) is 0.533. The molecule has 1 aliphatic carbocycles. The van der Waals surface area contributed by atoms with Gasteiger partial charge < -0.3 is 10.2 Å². The number of nitrogens with one attached hydrogen (secondary N) is 1. The third-order valence-corrected chi connectivity index (χ3v) is 4.53. The lowest BCUT2D eigenvalue weighted by Crippen LogP contribution is -2.43. The Balaban J connectivity index is 2.02. The van der Waals surface area contributed by atoms with Crippen LogP contribution in [-0.2, 0) is 0 Å². The van der Waals surface area contributed by atoms with Gasteiger partial charge in [0.25, 0.3) is 0 Å². The average Bonchev–Trinajstić information content (AvgIpc) is 2.45. The fourth-order valence-electron chi connectivity index (χ4n) is 2.73. The molecule has 0 unspecified atom stereocenters. The summed E-state index contributed by atoms with van der Waals surface area (Å²) in [6, 6.07) is 5.43. The molecule has 1 N–H and O–H groups in total. The highest BCUT2D eigenvalue weighted by Gasteiger charge is 2.24. The molecular formula is C15H20Cl2N2O. The van der Waals surface area contributed by atoms with Crippen LogP contribution in [0, 0.1) is 0 Å². The van der Waals surface area contributed by atoms with E-state index in [4.69, 9.17) is 23.2 Å². The first kappa shape index (κ1) is 15.5. The number of nitrogens with zero attached hydrogens (tertiary/aromatic N) is 1. The normalized spacial score (nSPS) is 15.9. The number of halogens is 2. The van der Waals surface area contributed by atoms with Crippen molar-refractivity contribution in [1.82, 2.24) is 4.90 Å². The van der Waals surface area contributed by atoms with Crippen molar-refractivity contribution in [3.05, 3.63) is 28.2 Å². The molecule has 0 spiro atoms. The van der Waals surface area contributed by atoms with Crippen LogP contribution in [0.25, 0.3) is 0 Å². The number of urea groups is 1. The monoisotopic (exact) mass is 314 g/mol. The van der Waals surface area contributed by atoms with Crippen LogP contribution < -0.4 is 5.32 Å². The van der Waals surface area contributed by atoms with E-state index in [2.05, 4.69) is 5.32 Å². The molecule has 0 atom stereocenters. The Morgan fingerprint density at radius 2 is 1.95 bits per heavy atom. The van der Waals surface area contributed by atoms with E-state index < -0.39 is 0 Å². The average molecular weight is 315 g/mol. The molecule has 2 rings (SSSR count). The van der Waals surface area contributed by atoms with Crippen molar-refractivity contribution in [2.75, 3.05) is 11.9 Å². The Hall–Kier alpha value is -0.930. The second-order valence-corrected chi connectivity index (χ2v) is 5.95. The lowest BCUT2D eigenvalue weighted by atomic mass is 9.94. The van der Waals surface area contributed by atoms with E-state index in [1.165, 1.54) is 19.3 Å². The molecule has 0 aromatic heterocycles. The van der Waals surface area contributed by atoms with Gasteiger partial charge in [0.1, 0.15) is 0 Å². The SMILES string of the molecule is CCN(C(=O)Nc1ccc(Cl)c(Cl)c1)C1CCCCC1. The second-order valence-electron chi connectivity index (χ2n) is 5.14. The molecule has 1 aliphatic rings. The zero-order valence-electron chi connectivity index (χ0n) is 11.7. The highest BCUT2D eigenvalue weighted by molar-refractivity contribution is 6.42. The summed E-state index contributed by atoms with van der Waals surface area (Å²) >= 11 is 11.8. The lowest BCUT2D eigenvalue weighted by Gasteiger charge is -2.33. The van der Waals surface area contributed by atoms with Gasteiger partial charge in [-0.2, -0.15) is 0 Å². The van der Waals surface area contributed by atoms with Gasteiger partial charge in [-0.15, -0.1) is 0 Å². The molecule has 0 saturated heterocycles. The molecule has 20 heavy (non-hydrogen) atoms. The van der Waals surface area contributed by atoms with Crippen molar-refractivity contribution in [1.29, 1.82) is 0 Å². The molecule has 1 fully saturated rings. The van der Waals surface area contributed by atoms with Crippen LogP contribution in [0.4, 0.5) is 10.5 Å². The Bertz CT molecular complexity index is 473. The molecule has 0 heterocycles. The zero-order chi connectivity index (χ0) is 14.5. The first-order valence-corrected chi connectivity index (χ1v) is 7.90. The predicted molar refractivity (Wildman–Crippen MR) is 84.7 cm³/mol. The van der Waals surface area contributed by atoms with E-state index >= 15 is 0 Å². The number of hydrogen-bond acceptors (Lipinski definition) is 1. The van der Waals surface area contributed by atoms with Gasteiger partial charge in [0.2, 0.25) is 0 Å². The predicted octanol–water partition coefficient (Wildman–Crippen LogP) is 5.18. The molecule has 1 aromatic carbocycles. The van der Waals surface area contributed by atoms with Gasteiger partial charge in [-0.25, -0.2) is 4.79 Å². The minimum atomic E-state index is -0.0576. The number of rotatable bonds is 3. The molecule has 0 bridgehead atoms. The van der Waals surface area contributed by atoms with E-state index in [9.17, 15) is 4.79 Å². The van der Waals surface area contributed by atoms with Crippen LogP contribution in [0.1, 0.15) is 39.0 Å². The van der Waals surface area contributed by atoms with Gasteiger partial charge in [-0.1, -0.05) is 42.5 Å². The van der Waals surface area contributed by atoms with Crippen molar-refractivity contribution in [2.24, 2.45) is 0 Å². The molecule has 110 valence electrons. The number of carbonyl (C=O) groups is 1. The van der Waals surface area contributed by atoms with Crippen LogP contribution in [0.3, 0.4) is 0 Å². The second kappa shape index (κ2) is 7.19. The molecule has 1 saturated carbocycles. The van der Waals surface area contributed by atoms with Gasteiger partial charge in [0, 0.05) is 18.3 Å². The van der Waals surface area contributed by atoms with E-state index in [0.717, 1.165) is 19.4 Å². The zero-order valence-corrected chi connectivity index (χ0v) is 13.2. The standard InChI is InChI=1S/C15H20Cl2N2O/c1-2-19(12-6-4-3-5-7-12)15(20)18-11-8-9-13(16)14(17)10-11/h8-10,12H,2-7H2,1H3,(H,18,20). The van der Waals surface area contributed by atoms with Gasteiger partial charge in [-0.05, 0) is 38.0 Å². The van der Waals surface area contributed by atoms with Crippen molar-refractivity contribution < 1.29 is 4.79 Å². The third-order valence-electron chi connectivity index (χ3n) is 3.79. The van der Waals surface area contributed by atoms with E-state index in [0.29, 0.717) is 21.8 Å². The molecule has 0 radical (unpaired) electrons. The number of hydrogen-bond donors (Lipinski definition) is 1. The summed E-state index contributed by atoms with van der Waals surface area (Å²) in [6.45, 7) is 2.74. The maximum absolute atomic E-state index is 12.4. The van der Waals surface area contributed by atoms with Crippen LogP contribution in [0.5, 0.6) is 0 Å². The minimum Gasteiger partial charge on any atom is -0.322 e. The van der Waals surface area contributed by atoms with E-state index in [-0.39, 0.29) is 6.03 Å². The number of carbonyl (C=O) groups excluding carboxylic acids is 1. The van der Waals surface area contributed by atoms with E-state index in [1.54, 1.807) is 18.2 Å². The molecule has 2 amide bonds. The number of benzene rings is 1. The van der Waals surface area contributed by atoms with Crippen LogP contribution in [0.2, 0.25) is 10.0 Å². The Morgan fingerprint density at radius 1 is 1.25 bits per heavy atom. The third kappa shape index (κ3) is 3.80. The largest absolute Gasteiger partial charge is 0.322 e. The highest BCUT2D eigenvalue weighted by atomic mass is 35.5. The number of amides is 2. The molecular weight excluding hydrogens is 295 g/mol. The summed E-state index contributed by atoms with van der Waals surface area (Å²) in [5.74, 6) is 0. The summed E-state index contributed by atoms with van der Waals surface area (Å²) in [5.41, 5.74) is 0.679. The maximum Gasteiger partial charge on any atom is 0.322 e. The summed E-state index contributed by atoms with van der Waals surface area (Å²) in [7, 11) is 0. The van der Waals surface area contributed by atoms with Crippen LogP contribution in [0.15, 0.2) is 18.2 Å². The minimum absolute atomic E-state index is 0.0576. The molecule has 5 heteroatoms. The molecule has 0 aliphatic heterocycles. The summed E-state index contributed by atoms with van der Waals surface area (Å²) in [5, 5.41) is 3.84. The molecule has 1 aromatic rings. The fourth-order valence-corrected chi connectivity index (χ4v) is 3.03. The molecule has 3 nitrogen and oxygen atoms in total. The first-order valence-electron chi connectivity index (χ1n) is 7.14. The van der Waals surface area contributed by atoms with Gasteiger partial charge in [0.05, 0.1) is 10.0 Å². The van der Waals surface area contributed by atoms with Crippen molar-refractivity contribution >= 4 is 34.9 Å². The van der Waals surface area contributed by atoms with Crippen molar-refractivity contribution in [2.45, 2.75) is 45.1 Å². The first-order chi connectivity index (χ1) is 9.61. The topological polar surface area (TPSA) is 32.3 Å². The Labute approximate surface area is 130 Å². The summed E-state index contributed by atoms with van der Waals surface area (Å²) < 4.78 is 0. The maximum atomic E-state index is 12.4. The van der Waals surface area contributed by atoms with E-state index in [1.807, 2.05) is 11.8 Å². The number of anilines is 1. The summed E-state index contributed by atoms with van der Waals surface area (Å²) in [6.07, 6.45) is 5.90. The summed E-state index contributed by atoms with van der Waals surface area (Å²) in [4.78, 5) is 14.3. The highest BCUT2D eigenvalue weighted by Crippen LogP contribution is 2.26. The lowest BCUT2D eigenvalue weighted by molar-refractivity contribution is 0.172. The van der Waals surface area contributed by atoms with Crippen molar-refractivity contribution in [3.8, 4) is 0 Å². The van der Waals surface area contributed by atoms with Gasteiger partial charge in [0.15, 0.2) is 0 Å². The van der Waals surface area contributed by atoms with Gasteiger partial charge in [-0.3, -0.25) is 0 Å². The van der Waals surface area contributed by atoms with Gasteiger partial charge >= 0.3 is 6.03 Å². The van der Waals surface area contributed by atoms with Crippen LogP contribution in [-0.4, -0.2) is 23.5 Å². The van der Waals surface area contributed by atoms with Crippen molar-refractivity contribution in [3.63, 3.8) is 0 Å².